The zero-order chi connectivity index (χ0) is 14.0. The lowest BCUT2D eigenvalue weighted by Gasteiger charge is -2.35. The van der Waals surface area contributed by atoms with Gasteiger partial charge in [-0.2, -0.15) is 13.2 Å². The van der Waals surface area contributed by atoms with Crippen LogP contribution in [0.5, 0.6) is 0 Å². The van der Waals surface area contributed by atoms with Crippen LogP contribution in [0.3, 0.4) is 0 Å². The fourth-order valence-electron chi connectivity index (χ4n) is 2.37. The first kappa shape index (κ1) is 14.2. The number of carbonyl (C=O) groups excluding carboxylic acids is 1. The van der Waals surface area contributed by atoms with Crippen LogP contribution in [0, 0.1) is 5.92 Å². The summed E-state index contributed by atoms with van der Waals surface area (Å²) in [6.07, 6.45) is -2.96. The summed E-state index contributed by atoms with van der Waals surface area (Å²) in [4.78, 5) is 12.6. The number of piperidine rings is 1. The summed E-state index contributed by atoms with van der Waals surface area (Å²) in [5.41, 5.74) is 0.851. The number of benzene rings is 1. The lowest BCUT2D eigenvalue weighted by molar-refractivity contribution is -0.175. The van der Waals surface area contributed by atoms with E-state index in [1.807, 2.05) is 0 Å². The standard InChI is InChI=1S/C13H13ClF3NO/c14-11-3-4-12(9(6-11)8-19)18-5-1-2-10(7-18)13(15,16)17/h3-4,6,8,10H,1-2,5,7H2. The average molecular weight is 292 g/mol. The minimum Gasteiger partial charge on any atom is -0.370 e. The van der Waals surface area contributed by atoms with Gasteiger partial charge >= 0.3 is 6.18 Å². The molecular formula is C13H13ClF3NO. The zero-order valence-corrected chi connectivity index (χ0v) is 10.8. The van der Waals surface area contributed by atoms with Crippen molar-refractivity contribution in [3.05, 3.63) is 28.8 Å². The molecule has 1 aromatic carbocycles. The Balaban J connectivity index is 2.24. The van der Waals surface area contributed by atoms with Crippen LogP contribution in [0.2, 0.25) is 5.02 Å². The molecule has 2 nitrogen and oxygen atoms in total. The fraction of sp³-hybridized carbons (Fsp3) is 0.462. The van der Waals surface area contributed by atoms with Crippen molar-refractivity contribution in [3.8, 4) is 0 Å². The molecule has 2 rings (SSSR count). The van der Waals surface area contributed by atoms with Crippen molar-refractivity contribution in [1.29, 1.82) is 0 Å². The number of rotatable bonds is 2. The predicted octanol–water partition coefficient (Wildman–Crippen LogP) is 3.93. The Kier molecular flexibility index (Phi) is 4.04. The van der Waals surface area contributed by atoms with Crippen LogP contribution in [-0.4, -0.2) is 25.6 Å². The van der Waals surface area contributed by atoms with E-state index in [1.54, 1.807) is 17.0 Å². The molecule has 0 aliphatic carbocycles. The Labute approximate surface area is 114 Å². The topological polar surface area (TPSA) is 20.3 Å². The van der Waals surface area contributed by atoms with Gasteiger partial charge in [0.25, 0.3) is 0 Å². The van der Waals surface area contributed by atoms with Crippen molar-refractivity contribution in [3.63, 3.8) is 0 Å². The van der Waals surface area contributed by atoms with E-state index in [0.717, 1.165) is 0 Å². The molecule has 0 amide bonds. The van der Waals surface area contributed by atoms with Gasteiger partial charge in [0, 0.05) is 29.4 Å². The van der Waals surface area contributed by atoms with Gasteiger partial charge in [-0.25, -0.2) is 0 Å². The molecule has 1 atom stereocenters. The highest BCUT2D eigenvalue weighted by Gasteiger charge is 2.42. The Morgan fingerprint density at radius 3 is 2.74 bits per heavy atom. The zero-order valence-electron chi connectivity index (χ0n) is 10.1. The largest absolute Gasteiger partial charge is 0.393 e. The van der Waals surface area contributed by atoms with Gasteiger partial charge in [-0.15, -0.1) is 0 Å². The van der Waals surface area contributed by atoms with Gasteiger partial charge in [-0.3, -0.25) is 4.79 Å². The monoisotopic (exact) mass is 291 g/mol. The molecule has 104 valence electrons. The summed E-state index contributed by atoms with van der Waals surface area (Å²) in [7, 11) is 0. The summed E-state index contributed by atoms with van der Waals surface area (Å²) in [6.45, 7) is 0.418. The first-order valence-corrected chi connectivity index (χ1v) is 6.36. The van der Waals surface area contributed by atoms with E-state index in [1.165, 1.54) is 6.07 Å². The predicted molar refractivity (Wildman–Crippen MR) is 67.8 cm³/mol. The van der Waals surface area contributed by atoms with Gasteiger partial charge in [0.05, 0.1) is 5.92 Å². The third-order valence-electron chi connectivity index (χ3n) is 3.34. The van der Waals surface area contributed by atoms with Crippen LogP contribution < -0.4 is 4.90 Å². The van der Waals surface area contributed by atoms with Crippen LogP contribution in [0.25, 0.3) is 0 Å². The van der Waals surface area contributed by atoms with Gasteiger partial charge in [0.15, 0.2) is 6.29 Å². The second-order valence-electron chi connectivity index (χ2n) is 4.65. The number of anilines is 1. The minimum atomic E-state index is -4.19. The van der Waals surface area contributed by atoms with Gasteiger partial charge in [0.2, 0.25) is 0 Å². The number of hydrogen-bond donors (Lipinski definition) is 0. The van der Waals surface area contributed by atoms with E-state index in [9.17, 15) is 18.0 Å². The van der Waals surface area contributed by atoms with Crippen molar-refractivity contribution < 1.29 is 18.0 Å². The molecule has 1 heterocycles. The molecule has 0 bridgehead atoms. The van der Waals surface area contributed by atoms with Crippen LogP contribution in [-0.2, 0) is 0 Å². The second-order valence-corrected chi connectivity index (χ2v) is 5.08. The molecule has 0 spiro atoms. The highest BCUT2D eigenvalue weighted by atomic mass is 35.5. The molecule has 1 aliphatic rings. The van der Waals surface area contributed by atoms with Crippen LogP contribution in [0.4, 0.5) is 18.9 Å². The molecule has 1 aliphatic heterocycles. The van der Waals surface area contributed by atoms with Crippen LogP contribution >= 0.6 is 11.6 Å². The van der Waals surface area contributed by atoms with Crippen LogP contribution in [0.15, 0.2) is 18.2 Å². The van der Waals surface area contributed by atoms with Crippen molar-refractivity contribution >= 4 is 23.6 Å². The van der Waals surface area contributed by atoms with E-state index < -0.39 is 12.1 Å². The summed E-state index contributed by atoms with van der Waals surface area (Å²) < 4.78 is 38.3. The maximum absolute atomic E-state index is 12.8. The molecule has 19 heavy (non-hydrogen) atoms. The van der Waals surface area contributed by atoms with E-state index in [-0.39, 0.29) is 13.0 Å². The number of nitrogens with zero attached hydrogens (tertiary/aromatic N) is 1. The smallest absolute Gasteiger partial charge is 0.370 e. The van der Waals surface area contributed by atoms with E-state index in [0.29, 0.717) is 35.5 Å². The second kappa shape index (κ2) is 5.41. The maximum Gasteiger partial charge on any atom is 0.393 e. The first-order chi connectivity index (χ1) is 8.91. The van der Waals surface area contributed by atoms with Gasteiger partial charge in [0.1, 0.15) is 0 Å². The van der Waals surface area contributed by atoms with Crippen LogP contribution in [0.1, 0.15) is 23.2 Å². The number of alkyl halides is 3. The normalized spacial score (nSPS) is 20.4. The summed E-state index contributed by atoms with van der Waals surface area (Å²) in [5, 5.41) is 0.398. The summed E-state index contributed by atoms with van der Waals surface area (Å²) >= 11 is 5.78. The maximum atomic E-state index is 12.8. The molecular weight excluding hydrogens is 279 g/mol. The molecule has 1 unspecified atom stereocenters. The third-order valence-corrected chi connectivity index (χ3v) is 3.58. The Morgan fingerprint density at radius 2 is 2.11 bits per heavy atom. The van der Waals surface area contributed by atoms with E-state index in [4.69, 9.17) is 11.6 Å². The first-order valence-electron chi connectivity index (χ1n) is 5.98. The summed E-state index contributed by atoms with van der Waals surface area (Å²) in [6, 6.07) is 4.66. The molecule has 1 saturated heterocycles. The quantitative estimate of drug-likeness (QED) is 0.770. The van der Waals surface area contributed by atoms with Gasteiger partial charge in [-0.1, -0.05) is 11.6 Å². The van der Waals surface area contributed by atoms with Crippen molar-refractivity contribution in [2.24, 2.45) is 5.92 Å². The fourth-order valence-corrected chi connectivity index (χ4v) is 2.55. The molecule has 1 aromatic rings. The molecule has 0 radical (unpaired) electrons. The number of halogens is 4. The number of aldehydes is 1. The summed E-state index contributed by atoms with van der Waals surface area (Å²) in [5.74, 6) is -1.34. The van der Waals surface area contributed by atoms with Crippen molar-refractivity contribution in [2.75, 3.05) is 18.0 Å². The molecule has 0 saturated carbocycles. The minimum absolute atomic E-state index is 0.105. The average Bonchev–Trinajstić information content (AvgIpc) is 2.37. The molecule has 6 heteroatoms. The lowest BCUT2D eigenvalue weighted by Crippen LogP contribution is -2.42. The molecule has 1 fully saturated rings. The van der Waals surface area contributed by atoms with E-state index in [2.05, 4.69) is 0 Å². The van der Waals surface area contributed by atoms with Gasteiger partial charge < -0.3 is 4.90 Å². The van der Waals surface area contributed by atoms with E-state index >= 15 is 0 Å². The lowest BCUT2D eigenvalue weighted by atomic mass is 9.96. The SMILES string of the molecule is O=Cc1cc(Cl)ccc1N1CCCC(C(F)(F)F)C1. The number of carbonyl (C=O) groups is 1. The Morgan fingerprint density at radius 1 is 1.37 bits per heavy atom. The third kappa shape index (κ3) is 3.21. The van der Waals surface area contributed by atoms with Gasteiger partial charge in [-0.05, 0) is 31.0 Å². The number of hydrogen-bond acceptors (Lipinski definition) is 2. The van der Waals surface area contributed by atoms with Crippen molar-refractivity contribution in [2.45, 2.75) is 19.0 Å². The Bertz CT molecular complexity index is 475. The highest BCUT2D eigenvalue weighted by molar-refractivity contribution is 6.31. The molecule has 0 N–H and O–H groups in total. The highest BCUT2D eigenvalue weighted by Crippen LogP contribution is 2.35. The van der Waals surface area contributed by atoms with Crippen molar-refractivity contribution in [1.82, 2.24) is 0 Å². The molecule has 0 aromatic heterocycles. The Hall–Kier alpha value is -1.23.